The lowest BCUT2D eigenvalue weighted by Crippen LogP contribution is -2.44. The molecule has 0 aromatic carbocycles. The van der Waals surface area contributed by atoms with Crippen molar-refractivity contribution in [1.29, 1.82) is 0 Å². The molecular formula is C19H39N5. The van der Waals surface area contributed by atoms with Crippen molar-refractivity contribution in [1.82, 2.24) is 20.0 Å². The van der Waals surface area contributed by atoms with Crippen molar-refractivity contribution >= 4 is 5.96 Å². The van der Waals surface area contributed by atoms with E-state index in [1.165, 1.54) is 38.6 Å². The smallest absolute Gasteiger partial charge is 0.193 e. The summed E-state index contributed by atoms with van der Waals surface area (Å²) in [6.45, 7) is 12.5. The van der Waals surface area contributed by atoms with E-state index in [9.17, 15) is 0 Å². The second-order valence-electron chi connectivity index (χ2n) is 7.48. The van der Waals surface area contributed by atoms with Gasteiger partial charge in [-0.1, -0.05) is 26.7 Å². The van der Waals surface area contributed by atoms with Gasteiger partial charge in [-0.2, -0.15) is 0 Å². The minimum absolute atomic E-state index is 0.782. The lowest BCUT2D eigenvalue weighted by molar-refractivity contribution is 0.247. The molecule has 1 heterocycles. The second kappa shape index (κ2) is 10.2. The minimum atomic E-state index is 0.782. The van der Waals surface area contributed by atoms with Crippen LogP contribution >= 0.6 is 0 Å². The lowest BCUT2D eigenvalue weighted by Gasteiger charge is -2.27. The predicted molar refractivity (Wildman–Crippen MR) is 104 cm³/mol. The summed E-state index contributed by atoms with van der Waals surface area (Å²) in [5, 5.41) is 3.59. The minimum Gasteiger partial charge on any atom is -0.355 e. The van der Waals surface area contributed by atoms with Gasteiger partial charge in [-0.3, -0.25) is 4.99 Å². The number of aliphatic imine (C=N–C) groups is 1. The van der Waals surface area contributed by atoms with E-state index in [4.69, 9.17) is 0 Å². The third-order valence-electron chi connectivity index (χ3n) is 5.90. The first-order valence-corrected chi connectivity index (χ1v) is 10.1. The number of hydrogen-bond acceptors (Lipinski definition) is 3. The Balaban J connectivity index is 1.70. The van der Waals surface area contributed by atoms with Crippen LogP contribution in [0.4, 0.5) is 0 Å². The topological polar surface area (TPSA) is 34.1 Å². The van der Waals surface area contributed by atoms with Gasteiger partial charge in [-0.25, -0.2) is 0 Å². The van der Waals surface area contributed by atoms with Gasteiger partial charge in [0.1, 0.15) is 0 Å². The van der Waals surface area contributed by atoms with Crippen LogP contribution in [0.3, 0.4) is 0 Å². The number of rotatable bonds is 8. The van der Waals surface area contributed by atoms with Crippen molar-refractivity contribution in [2.45, 2.75) is 52.0 Å². The largest absolute Gasteiger partial charge is 0.355 e. The summed E-state index contributed by atoms with van der Waals surface area (Å²) in [5.41, 5.74) is 0. The maximum Gasteiger partial charge on any atom is 0.193 e. The van der Waals surface area contributed by atoms with Crippen molar-refractivity contribution in [3.05, 3.63) is 0 Å². The fraction of sp³-hybridized carbons (Fsp3) is 0.947. The zero-order valence-electron chi connectivity index (χ0n) is 16.4. The molecule has 1 N–H and O–H groups in total. The average Bonchev–Trinajstić information content (AvgIpc) is 3.28. The van der Waals surface area contributed by atoms with Gasteiger partial charge in [-0.05, 0) is 45.3 Å². The molecule has 5 nitrogen and oxygen atoms in total. The Morgan fingerprint density at radius 1 is 1.17 bits per heavy atom. The van der Waals surface area contributed by atoms with E-state index in [2.05, 4.69) is 45.9 Å². The first kappa shape index (κ1) is 19.5. The molecule has 1 saturated heterocycles. The molecule has 0 bridgehead atoms. The van der Waals surface area contributed by atoms with Crippen LogP contribution in [0.5, 0.6) is 0 Å². The van der Waals surface area contributed by atoms with Crippen LogP contribution in [0, 0.1) is 5.92 Å². The Kier molecular flexibility index (Phi) is 8.33. The van der Waals surface area contributed by atoms with E-state index in [-0.39, 0.29) is 0 Å². The summed E-state index contributed by atoms with van der Waals surface area (Å²) in [6, 6.07) is 0.805. The van der Waals surface area contributed by atoms with E-state index in [0.717, 1.165) is 57.2 Å². The summed E-state index contributed by atoms with van der Waals surface area (Å²) in [6.07, 6.45) is 6.87. The maximum absolute atomic E-state index is 4.52. The Hall–Kier alpha value is -0.810. The van der Waals surface area contributed by atoms with Gasteiger partial charge in [0.15, 0.2) is 5.96 Å². The molecule has 1 saturated carbocycles. The number of likely N-dealkylation sites (N-methyl/N-ethyl adjacent to an activating group) is 1. The van der Waals surface area contributed by atoms with Gasteiger partial charge in [0.2, 0.25) is 0 Å². The fourth-order valence-corrected chi connectivity index (χ4v) is 4.22. The molecule has 2 rings (SSSR count). The van der Waals surface area contributed by atoms with Crippen LogP contribution in [-0.2, 0) is 0 Å². The van der Waals surface area contributed by atoms with Crippen LogP contribution in [0.1, 0.15) is 46.0 Å². The number of likely N-dealkylation sites (tertiary alicyclic amines) is 1. The average molecular weight is 338 g/mol. The molecule has 0 aromatic heterocycles. The molecule has 0 aromatic rings. The van der Waals surface area contributed by atoms with Gasteiger partial charge in [0.05, 0.1) is 0 Å². The maximum atomic E-state index is 4.52. The van der Waals surface area contributed by atoms with E-state index in [1.54, 1.807) is 0 Å². The second-order valence-corrected chi connectivity index (χ2v) is 7.48. The Labute approximate surface area is 149 Å². The number of guanidine groups is 1. The number of nitrogens with one attached hydrogen (secondary N) is 1. The van der Waals surface area contributed by atoms with Gasteiger partial charge in [0.25, 0.3) is 0 Å². The molecule has 1 aliphatic carbocycles. The monoisotopic (exact) mass is 337 g/mol. The van der Waals surface area contributed by atoms with Gasteiger partial charge >= 0.3 is 0 Å². The predicted octanol–water partition coefficient (Wildman–Crippen LogP) is 2.10. The molecule has 1 unspecified atom stereocenters. The normalized spacial score (nSPS) is 23.0. The Bertz CT molecular complexity index is 374. The molecule has 140 valence electrons. The SMILES string of the molecule is CCN(CC)CC1CCN(C(=NC)NCCN(C)C2CCCC2)C1. The summed E-state index contributed by atoms with van der Waals surface area (Å²) in [7, 11) is 4.19. The van der Waals surface area contributed by atoms with Gasteiger partial charge < -0.3 is 20.0 Å². The van der Waals surface area contributed by atoms with Gasteiger partial charge in [-0.15, -0.1) is 0 Å². The molecule has 2 aliphatic rings. The number of hydrogen-bond donors (Lipinski definition) is 1. The third kappa shape index (κ3) is 5.62. The molecule has 1 atom stereocenters. The summed E-state index contributed by atoms with van der Waals surface area (Å²) in [5.74, 6) is 1.88. The quantitative estimate of drug-likeness (QED) is 0.543. The van der Waals surface area contributed by atoms with Crippen molar-refractivity contribution in [2.24, 2.45) is 10.9 Å². The van der Waals surface area contributed by atoms with E-state index < -0.39 is 0 Å². The molecular weight excluding hydrogens is 298 g/mol. The van der Waals surface area contributed by atoms with Crippen molar-refractivity contribution in [3.63, 3.8) is 0 Å². The Morgan fingerprint density at radius 2 is 1.88 bits per heavy atom. The first-order valence-electron chi connectivity index (χ1n) is 10.1. The van der Waals surface area contributed by atoms with Gasteiger partial charge in [0, 0.05) is 45.8 Å². The third-order valence-corrected chi connectivity index (χ3v) is 5.90. The first-order chi connectivity index (χ1) is 11.7. The van der Waals surface area contributed by atoms with Crippen molar-refractivity contribution < 1.29 is 0 Å². The molecule has 1 aliphatic heterocycles. The highest BCUT2D eigenvalue weighted by molar-refractivity contribution is 5.80. The molecule has 0 amide bonds. The highest BCUT2D eigenvalue weighted by Crippen LogP contribution is 2.22. The summed E-state index contributed by atoms with van der Waals surface area (Å²) in [4.78, 5) is 12.0. The van der Waals surface area contributed by atoms with Crippen molar-refractivity contribution in [2.75, 3.05) is 59.9 Å². The zero-order chi connectivity index (χ0) is 17.4. The highest BCUT2D eigenvalue weighted by Gasteiger charge is 2.26. The van der Waals surface area contributed by atoms with Crippen molar-refractivity contribution in [3.8, 4) is 0 Å². The zero-order valence-corrected chi connectivity index (χ0v) is 16.4. The molecule has 0 radical (unpaired) electrons. The highest BCUT2D eigenvalue weighted by atomic mass is 15.3. The number of nitrogens with zero attached hydrogens (tertiary/aromatic N) is 4. The fourth-order valence-electron chi connectivity index (χ4n) is 4.22. The standard InChI is InChI=1S/C19H39N5/c1-5-23(6-2)15-17-11-13-24(16-17)19(20-3)21-12-14-22(4)18-9-7-8-10-18/h17-18H,5-16H2,1-4H3,(H,20,21). The van der Waals surface area contributed by atoms with Crippen LogP contribution in [0.25, 0.3) is 0 Å². The van der Waals surface area contributed by atoms with E-state index in [0.29, 0.717) is 0 Å². The lowest BCUT2D eigenvalue weighted by atomic mass is 10.1. The van der Waals surface area contributed by atoms with E-state index in [1.807, 2.05) is 7.05 Å². The summed E-state index contributed by atoms with van der Waals surface area (Å²) < 4.78 is 0. The van der Waals surface area contributed by atoms with Crippen LogP contribution < -0.4 is 5.32 Å². The van der Waals surface area contributed by atoms with Crippen LogP contribution in [0.2, 0.25) is 0 Å². The molecule has 5 heteroatoms. The molecule has 0 spiro atoms. The summed E-state index contributed by atoms with van der Waals surface area (Å²) >= 11 is 0. The molecule has 2 fully saturated rings. The van der Waals surface area contributed by atoms with Crippen LogP contribution in [-0.4, -0.2) is 86.6 Å². The molecule has 24 heavy (non-hydrogen) atoms. The van der Waals surface area contributed by atoms with E-state index >= 15 is 0 Å². The van der Waals surface area contributed by atoms with Crippen LogP contribution in [0.15, 0.2) is 4.99 Å². The Morgan fingerprint density at radius 3 is 2.50 bits per heavy atom.